The number of carbonyl (C=O) groups is 2. The van der Waals surface area contributed by atoms with Crippen LogP contribution < -0.4 is 10.6 Å². The maximum absolute atomic E-state index is 12.0. The van der Waals surface area contributed by atoms with Crippen LogP contribution in [0.3, 0.4) is 0 Å². The summed E-state index contributed by atoms with van der Waals surface area (Å²) in [7, 11) is 2.10. The van der Waals surface area contributed by atoms with Gasteiger partial charge in [0.05, 0.1) is 25.4 Å². The highest BCUT2D eigenvalue weighted by atomic mass is 16.7. The number of carbonyl (C=O) groups excluding carboxylic acids is 2. The molecular weight excluding hydrogens is 534 g/mol. The molecule has 1 saturated heterocycles. The van der Waals surface area contributed by atoms with Gasteiger partial charge in [0.15, 0.2) is 6.29 Å². The number of hydrogen-bond acceptors (Lipinski definition) is 7. The van der Waals surface area contributed by atoms with Crippen molar-refractivity contribution in [3.05, 3.63) is 107 Å². The fraction of sp³-hybridized carbons (Fsp3) is 0.394. The normalized spacial score (nSPS) is 20.2. The molecule has 4 atom stereocenters. The van der Waals surface area contributed by atoms with E-state index in [1.807, 2.05) is 66.7 Å². The molecule has 1 heterocycles. The highest BCUT2D eigenvalue weighted by Gasteiger charge is 2.38. The number of amides is 2. The molecule has 3 aromatic carbocycles. The predicted molar refractivity (Wildman–Crippen MR) is 159 cm³/mol. The Balaban J connectivity index is 1.43. The van der Waals surface area contributed by atoms with E-state index >= 15 is 0 Å². The lowest BCUT2D eigenvalue weighted by Crippen LogP contribution is -2.43. The summed E-state index contributed by atoms with van der Waals surface area (Å²) in [6.07, 6.45) is -0.866. The van der Waals surface area contributed by atoms with Gasteiger partial charge in [-0.3, -0.25) is 9.69 Å². The van der Waals surface area contributed by atoms with Crippen molar-refractivity contribution < 1.29 is 28.9 Å². The molecule has 224 valence electrons. The zero-order chi connectivity index (χ0) is 29.9. The van der Waals surface area contributed by atoms with Gasteiger partial charge in [-0.15, -0.1) is 0 Å². The number of rotatable bonds is 12. The first-order chi connectivity index (χ1) is 20.4. The van der Waals surface area contributed by atoms with Crippen molar-refractivity contribution in [1.29, 1.82) is 0 Å². The second-order valence-corrected chi connectivity index (χ2v) is 10.6. The van der Waals surface area contributed by atoms with Crippen LogP contribution in [0, 0.1) is 5.92 Å². The van der Waals surface area contributed by atoms with Crippen molar-refractivity contribution >= 4 is 12.0 Å². The van der Waals surface area contributed by atoms with Gasteiger partial charge in [0.1, 0.15) is 6.54 Å². The average Bonchev–Trinajstić information content (AvgIpc) is 3.01. The molecule has 0 aliphatic carbocycles. The lowest BCUT2D eigenvalue weighted by atomic mass is 9.90. The zero-order valence-electron chi connectivity index (χ0n) is 24.5. The smallest absolute Gasteiger partial charge is 0.325 e. The van der Waals surface area contributed by atoms with Crippen molar-refractivity contribution in [3.63, 3.8) is 0 Å². The fourth-order valence-electron chi connectivity index (χ4n) is 5.00. The molecule has 0 aromatic heterocycles. The van der Waals surface area contributed by atoms with Gasteiger partial charge in [-0.2, -0.15) is 0 Å². The van der Waals surface area contributed by atoms with Crippen LogP contribution in [0.5, 0.6) is 0 Å². The number of aliphatic hydroxyl groups excluding tert-OH is 1. The Labute approximate surface area is 247 Å². The van der Waals surface area contributed by atoms with Gasteiger partial charge in [-0.25, -0.2) is 4.79 Å². The SMILES string of the molecule is CCOC(=O)CNC(=O)NCc1ccc(C2OC(CN(C)Cc3ccccc3)C(C)C(c3ccc(CO)cc3)O2)cc1. The molecule has 0 bridgehead atoms. The van der Waals surface area contributed by atoms with E-state index in [0.717, 1.165) is 35.3 Å². The Morgan fingerprint density at radius 1 is 0.881 bits per heavy atom. The molecule has 0 saturated carbocycles. The third kappa shape index (κ3) is 8.87. The van der Waals surface area contributed by atoms with E-state index in [-0.39, 0.29) is 37.9 Å². The first-order valence-electron chi connectivity index (χ1n) is 14.4. The number of hydrogen-bond donors (Lipinski definition) is 3. The van der Waals surface area contributed by atoms with Crippen LogP contribution in [0.1, 0.15) is 54.1 Å². The Morgan fingerprint density at radius 3 is 2.21 bits per heavy atom. The predicted octanol–water partition coefficient (Wildman–Crippen LogP) is 4.46. The Bertz CT molecular complexity index is 1270. The molecule has 4 rings (SSSR count). The minimum absolute atomic E-state index is 0.00569. The van der Waals surface area contributed by atoms with E-state index in [2.05, 4.69) is 41.6 Å². The molecule has 2 amide bonds. The maximum atomic E-state index is 12.0. The highest BCUT2D eigenvalue weighted by molar-refractivity contribution is 5.80. The van der Waals surface area contributed by atoms with E-state index in [1.165, 1.54) is 5.56 Å². The van der Waals surface area contributed by atoms with Crippen LogP contribution in [0.15, 0.2) is 78.9 Å². The summed E-state index contributed by atoms with van der Waals surface area (Å²) < 4.78 is 18.0. The van der Waals surface area contributed by atoms with E-state index in [9.17, 15) is 14.7 Å². The molecule has 4 unspecified atom stereocenters. The topological polar surface area (TPSA) is 109 Å². The number of likely N-dealkylation sites (N-methyl/N-ethyl adjacent to an activating group) is 1. The summed E-state index contributed by atoms with van der Waals surface area (Å²) >= 11 is 0. The van der Waals surface area contributed by atoms with Gasteiger partial charge >= 0.3 is 12.0 Å². The number of nitrogens with zero attached hydrogens (tertiary/aromatic N) is 1. The van der Waals surface area contributed by atoms with Gasteiger partial charge in [0.25, 0.3) is 0 Å². The van der Waals surface area contributed by atoms with Crippen molar-refractivity contribution in [3.8, 4) is 0 Å². The summed E-state index contributed by atoms with van der Waals surface area (Å²) in [5, 5.41) is 14.7. The van der Waals surface area contributed by atoms with Crippen LogP contribution in [0.4, 0.5) is 4.79 Å². The summed E-state index contributed by atoms with van der Waals surface area (Å²) in [5.41, 5.74) is 4.91. The van der Waals surface area contributed by atoms with E-state index in [0.29, 0.717) is 6.54 Å². The molecule has 0 radical (unpaired) electrons. The molecule has 0 spiro atoms. The Hall–Kier alpha value is -3.76. The Kier molecular flexibility index (Phi) is 11.5. The van der Waals surface area contributed by atoms with Crippen molar-refractivity contribution in [2.24, 2.45) is 5.92 Å². The first kappa shape index (κ1) is 31.2. The van der Waals surface area contributed by atoms with Crippen molar-refractivity contribution in [2.45, 2.75) is 52.0 Å². The second-order valence-electron chi connectivity index (χ2n) is 10.6. The number of nitrogens with one attached hydrogen (secondary N) is 2. The summed E-state index contributed by atoms with van der Waals surface area (Å²) in [5.74, 6) is -0.401. The lowest BCUT2D eigenvalue weighted by Gasteiger charge is -2.42. The summed E-state index contributed by atoms with van der Waals surface area (Å²) in [6, 6.07) is 25.6. The van der Waals surface area contributed by atoms with E-state index < -0.39 is 18.3 Å². The van der Waals surface area contributed by atoms with Crippen LogP contribution >= 0.6 is 0 Å². The molecule has 3 N–H and O–H groups in total. The van der Waals surface area contributed by atoms with Crippen molar-refractivity contribution in [1.82, 2.24) is 15.5 Å². The largest absolute Gasteiger partial charge is 0.465 e. The second kappa shape index (κ2) is 15.5. The molecule has 9 heteroatoms. The lowest BCUT2D eigenvalue weighted by molar-refractivity contribution is -0.276. The molecule has 1 aliphatic rings. The average molecular weight is 576 g/mol. The van der Waals surface area contributed by atoms with Crippen molar-refractivity contribution in [2.75, 3.05) is 26.7 Å². The third-order valence-corrected chi connectivity index (χ3v) is 7.31. The van der Waals surface area contributed by atoms with Gasteiger partial charge in [0, 0.05) is 31.1 Å². The molecule has 42 heavy (non-hydrogen) atoms. The van der Waals surface area contributed by atoms with E-state index in [1.54, 1.807) is 6.92 Å². The van der Waals surface area contributed by atoms with Crippen LogP contribution in [-0.2, 0) is 38.7 Å². The van der Waals surface area contributed by atoms with Gasteiger partial charge in [0.2, 0.25) is 0 Å². The minimum Gasteiger partial charge on any atom is -0.465 e. The van der Waals surface area contributed by atoms with Crippen LogP contribution in [0.2, 0.25) is 0 Å². The molecule has 1 fully saturated rings. The van der Waals surface area contributed by atoms with E-state index in [4.69, 9.17) is 14.2 Å². The first-order valence-corrected chi connectivity index (χ1v) is 14.4. The van der Waals surface area contributed by atoms with Crippen LogP contribution in [0.25, 0.3) is 0 Å². The summed E-state index contributed by atoms with van der Waals surface area (Å²) in [6.45, 7) is 5.78. The van der Waals surface area contributed by atoms with Crippen LogP contribution in [-0.4, -0.2) is 54.9 Å². The number of aliphatic hydroxyl groups is 1. The molecule has 1 aliphatic heterocycles. The maximum Gasteiger partial charge on any atom is 0.325 e. The summed E-state index contributed by atoms with van der Waals surface area (Å²) in [4.78, 5) is 25.7. The molecule has 9 nitrogen and oxygen atoms in total. The minimum atomic E-state index is -0.575. The van der Waals surface area contributed by atoms with Gasteiger partial charge in [-0.1, -0.05) is 85.8 Å². The van der Waals surface area contributed by atoms with Gasteiger partial charge < -0.3 is 30.0 Å². The monoisotopic (exact) mass is 575 g/mol. The number of ether oxygens (including phenoxy) is 3. The number of esters is 1. The fourth-order valence-corrected chi connectivity index (χ4v) is 5.00. The molecule has 3 aromatic rings. The number of urea groups is 1. The van der Waals surface area contributed by atoms with Gasteiger partial charge in [-0.05, 0) is 36.2 Å². The Morgan fingerprint density at radius 2 is 1.55 bits per heavy atom. The molecular formula is C33H41N3O6. The highest BCUT2D eigenvalue weighted by Crippen LogP contribution is 2.41. The number of benzene rings is 3. The quantitative estimate of drug-likeness (QED) is 0.274. The zero-order valence-corrected chi connectivity index (χ0v) is 24.5. The third-order valence-electron chi connectivity index (χ3n) is 7.31. The standard InChI is InChI=1S/C33H41N3O6/c1-4-40-30(38)19-35-33(39)34-18-24-10-16-28(17-11-24)32-41-29(21-36(3)20-25-8-6-5-7-9-25)23(2)31(42-32)27-14-12-26(22-37)13-15-27/h5-17,23,29,31-32,37H,4,18-22H2,1-3H3,(H2,34,35,39).